The Bertz CT molecular complexity index is 1210. The maximum Gasteiger partial charge on any atom is 0.282 e. The van der Waals surface area contributed by atoms with Crippen molar-refractivity contribution in [2.45, 2.75) is 6.92 Å². The molecule has 2 aromatic carbocycles. The number of hydrogen-bond donors (Lipinski definition) is 1. The van der Waals surface area contributed by atoms with Gasteiger partial charge < -0.3 is 9.88 Å². The number of nitrogens with zero attached hydrogens (tertiary/aromatic N) is 3. The molecule has 1 amide bonds. The lowest BCUT2D eigenvalue weighted by Crippen LogP contribution is -2.17. The zero-order valence-electron chi connectivity index (χ0n) is 15.3. The summed E-state index contributed by atoms with van der Waals surface area (Å²) in [7, 11) is 1.78. The summed E-state index contributed by atoms with van der Waals surface area (Å²) in [6.07, 6.45) is 3.36. The summed E-state index contributed by atoms with van der Waals surface area (Å²) >= 11 is 3.45. The van der Waals surface area contributed by atoms with Crippen molar-refractivity contribution >= 4 is 27.5 Å². The van der Waals surface area contributed by atoms with Crippen molar-refractivity contribution in [1.29, 1.82) is 0 Å². The minimum atomic E-state index is -0.319. The molecular formula is C21H17BrN4O2. The predicted molar refractivity (Wildman–Crippen MR) is 112 cm³/mol. The van der Waals surface area contributed by atoms with Crippen LogP contribution in [0.4, 0.5) is 5.69 Å². The van der Waals surface area contributed by atoms with Crippen LogP contribution in [-0.4, -0.2) is 20.3 Å². The third kappa shape index (κ3) is 3.25. The van der Waals surface area contributed by atoms with Gasteiger partial charge in [0.05, 0.1) is 16.8 Å². The fourth-order valence-electron chi connectivity index (χ4n) is 3.07. The number of pyridine rings is 1. The Morgan fingerprint density at radius 1 is 1.11 bits per heavy atom. The Morgan fingerprint density at radius 3 is 2.57 bits per heavy atom. The molecule has 28 heavy (non-hydrogen) atoms. The van der Waals surface area contributed by atoms with Gasteiger partial charge in [-0.05, 0) is 42.8 Å². The average Bonchev–Trinajstić information content (AvgIpc) is 3.01. The van der Waals surface area contributed by atoms with E-state index in [-0.39, 0.29) is 11.5 Å². The monoisotopic (exact) mass is 436 g/mol. The number of fused-ring (bicyclic) bond motifs is 1. The summed E-state index contributed by atoms with van der Waals surface area (Å²) in [5.41, 5.74) is 3.19. The van der Waals surface area contributed by atoms with Crippen LogP contribution in [0.5, 0.6) is 0 Å². The SMILES string of the molecule is Cc1cc(NC(=O)c2cn(C)cc3c(=O)n(-c4ccccc4)nc2-3)ccc1Br. The summed E-state index contributed by atoms with van der Waals surface area (Å²) in [4.78, 5) is 25.8. The molecule has 2 aliphatic rings. The zero-order chi connectivity index (χ0) is 19.8. The molecule has 2 heterocycles. The lowest BCUT2D eigenvalue weighted by atomic mass is 10.1. The molecule has 0 bridgehead atoms. The number of benzene rings is 2. The maximum atomic E-state index is 12.9. The predicted octanol–water partition coefficient (Wildman–Crippen LogP) is 4.00. The second kappa shape index (κ2) is 7.09. The van der Waals surface area contributed by atoms with Crippen LogP contribution in [-0.2, 0) is 7.05 Å². The second-order valence-corrected chi connectivity index (χ2v) is 7.42. The van der Waals surface area contributed by atoms with Gasteiger partial charge >= 0.3 is 0 Å². The van der Waals surface area contributed by atoms with Crippen molar-refractivity contribution in [1.82, 2.24) is 14.3 Å². The molecule has 2 aromatic rings. The minimum absolute atomic E-state index is 0.258. The van der Waals surface area contributed by atoms with Crippen molar-refractivity contribution in [2.24, 2.45) is 7.05 Å². The summed E-state index contributed by atoms with van der Waals surface area (Å²) in [5.74, 6) is -0.319. The standard InChI is InChI=1S/C21H17BrN4O2/c1-13-10-14(8-9-18(13)22)23-20(27)16-11-25(2)12-17-19(16)24-26(21(17)28)15-6-4-3-5-7-15/h3-12H,1-2H3,(H,23,27). The van der Waals surface area contributed by atoms with Crippen LogP contribution >= 0.6 is 15.9 Å². The Labute approximate surface area is 169 Å². The van der Waals surface area contributed by atoms with E-state index >= 15 is 0 Å². The van der Waals surface area contributed by atoms with Gasteiger partial charge in [0.2, 0.25) is 0 Å². The highest BCUT2D eigenvalue weighted by atomic mass is 79.9. The van der Waals surface area contributed by atoms with Gasteiger partial charge in [0, 0.05) is 29.6 Å². The highest BCUT2D eigenvalue weighted by molar-refractivity contribution is 9.10. The second-order valence-electron chi connectivity index (χ2n) is 6.57. The molecule has 0 saturated carbocycles. The van der Waals surface area contributed by atoms with Crippen molar-refractivity contribution in [3.8, 4) is 16.9 Å². The molecule has 0 atom stereocenters. The molecule has 140 valence electrons. The van der Waals surface area contributed by atoms with Gasteiger partial charge in [-0.2, -0.15) is 9.78 Å². The van der Waals surface area contributed by atoms with Crippen LogP contribution in [0.25, 0.3) is 16.9 Å². The Kier molecular flexibility index (Phi) is 4.60. The summed E-state index contributed by atoms with van der Waals surface area (Å²) in [5, 5.41) is 7.33. The van der Waals surface area contributed by atoms with E-state index in [1.165, 1.54) is 4.68 Å². The average molecular weight is 437 g/mol. The zero-order valence-corrected chi connectivity index (χ0v) is 16.9. The van der Waals surface area contributed by atoms with Crippen molar-refractivity contribution < 1.29 is 4.79 Å². The smallest absolute Gasteiger partial charge is 0.282 e. The number of para-hydroxylation sites is 1. The third-order valence-electron chi connectivity index (χ3n) is 4.46. The number of aryl methyl sites for hydroxylation is 2. The van der Waals surface area contributed by atoms with Crippen molar-refractivity contribution in [3.63, 3.8) is 0 Å². The minimum Gasteiger partial charge on any atom is -0.356 e. The molecule has 2 aliphatic heterocycles. The van der Waals surface area contributed by atoms with E-state index in [2.05, 4.69) is 26.3 Å². The van der Waals surface area contributed by atoms with Gasteiger partial charge in [0.25, 0.3) is 11.5 Å². The number of carbonyl (C=O) groups is 1. The Balaban J connectivity index is 1.79. The topological polar surface area (TPSA) is 68.9 Å². The normalized spacial score (nSPS) is 11.0. The summed E-state index contributed by atoms with van der Waals surface area (Å²) in [6, 6.07) is 14.7. The Morgan fingerprint density at radius 2 is 1.86 bits per heavy atom. The van der Waals surface area contributed by atoms with Gasteiger partial charge in [-0.25, -0.2) is 0 Å². The largest absolute Gasteiger partial charge is 0.356 e. The van der Waals surface area contributed by atoms with Crippen molar-refractivity contribution in [3.05, 3.63) is 86.9 Å². The van der Waals surface area contributed by atoms with E-state index in [9.17, 15) is 9.59 Å². The molecule has 0 saturated heterocycles. The highest BCUT2D eigenvalue weighted by Crippen LogP contribution is 2.24. The van der Waals surface area contributed by atoms with E-state index in [0.717, 1.165) is 10.0 Å². The first-order valence-corrected chi connectivity index (χ1v) is 9.45. The number of carbonyl (C=O) groups excluding carboxylic acids is 1. The van der Waals surface area contributed by atoms with Crippen LogP contribution in [0, 0.1) is 6.92 Å². The molecule has 0 spiro atoms. The number of amides is 1. The first kappa shape index (κ1) is 18.2. The molecule has 1 N–H and O–H groups in total. The first-order chi connectivity index (χ1) is 13.4. The number of nitrogens with one attached hydrogen (secondary N) is 1. The molecular weight excluding hydrogens is 420 g/mol. The van der Waals surface area contributed by atoms with Crippen LogP contribution in [0.2, 0.25) is 0 Å². The van der Waals surface area contributed by atoms with E-state index in [1.807, 2.05) is 43.3 Å². The van der Waals surface area contributed by atoms with Gasteiger partial charge in [0.15, 0.2) is 0 Å². The number of hydrogen-bond acceptors (Lipinski definition) is 3. The van der Waals surface area contributed by atoms with Crippen LogP contribution < -0.4 is 10.9 Å². The van der Waals surface area contributed by atoms with Crippen LogP contribution in [0.15, 0.2) is 70.2 Å². The molecule has 0 unspecified atom stereocenters. The first-order valence-electron chi connectivity index (χ1n) is 8.66. The van der Waals surface area contributed by atoms with E-state index in [4.69, 9.17) is 0 Å². The quantitative estimate of drug-likeness (QED) is 0.527. The van der Waals surface area contributed by atoms with E-state index in [1.54, 1.807) is 36.1 Å². The molecule has 6 nitrogen and oxygen atoms in total. The van der Waals surface area contributed by atoms with Crippen LogP contribution in [0.1, 0.15) is 15.9 Å². The van der Waals surface area contributed by atoms with Gasteiger partial charge in [0.1, 0.15) is 5.69 Å². The molecule has 7 heteroatoms. The molecule has 0 aliphatic carbocycles. The van der Waals surface area contributed by atoms with Gasteiger partial charge in [-0.3, -0.25) is 9.59 Å². The summed E-state index contributed by atoms with van der Waals surface area (Å²) < 4.78 is 3.99. The molecule has 0 fully saturated rings. The summed E-state index contributed by atoms with van der Waals surface area (Å²) in [6.45, 7) is 1.95. The van der Waals surface area contributed by atoms with Crippen molar-refractivity contribution in [2.75, 3.05) is 5.32 Å². The Hall–Kier alpha value is -3.19. The number of halogens is 1. The number of anilines is 1. The van der Waals surface area contributed by atoms with E-state index < -0.39 is 0 Å². The van der Waals surface area contributed by atoms with Crippen LogP contribution in [0.3, 0.4) is 0 Å². The fraction of sp³-hybridized carbons (Fsp3) is 0.0952. The lowest BCUT2D eigenvalue weighted by molar-refractivity contribution is 0.102. The third-order valence-corrected chi connectivity index (χ3v) is 5.35. The molecule has 0 aromatic heterocycles. The molecule has 4 rings (SSSR count). The maximum absolute atomic E-state index is 12.9. The van der Waals surface area contributed by atoms with Gasteiger partial charge in [-0.15, -0.1) is 0 Å². The number of rotatable bonds is 3. The lowest BCUT2D eigenvalue weighted by Gasteiger charge is -2.10. The molecule has 0 radical (unpaired) electrons. The fourth-order valence-corrected chi connectivity index (χ4v) is 3.31. The number of aromatic nitrogens is 3. The van der Waals surface area contributed by atoms with Gasteiger partial charge in [-0.1, -0.05) is 34.1 Å². The highest BCUT2D eigenvalue weighted by Gasteiger charge is 2.24. The van der Waals surface area contributed by atoms with E-state index in [0.29, 0.717) is 28.2 Å².